The Kier molecular flexibility index (Phi) is 5.25. The Bertz CT molecular complexity index is 2670. The van der Waals surface area contributed by atoms with E-state index in [-0.39, 0.29) is 5.43 Å². The number of rotatable bonds is 2. The molecule has 6 aromatic carbocycles. The topological polar surface area (TPSA) is 22.0 Å². The maximum Gasteiger partial charge on any atom is 0.195 e. The minimum absolute atomic E-state index is 0.100. The second kappa shape index (κ2) is 9.11. The first-order valence-electron chi connectivity index (χ1n) is 14.5. The van der Waals surface area contributed by atoms with Crippen LogP contribution in [0.25, 0.3) is 79.0 Å². The summed E-state index contributed by atoms with van der Waals surface area (Å²) in [6, 6.07) is 40.8. The lowest BCUT2D eigenvalue weighted by Gasteiger charge is -2.13. The lowest BCUT2D eigenvalue weighted by Crippen LogP contribution is -2.01. The van der Waals surface area contributed by atoms with Gasteiger partial charge in [-0.3, -0.25) is 4.79 Å². The van der Waals surface area contributed by atoms with Crippen LogP contribution < -0.4 is 5.43 Å². The Balaban J connectivity index is 1.32. The van der Waals surface area contributed by atoms with Gasteiger partial charge in [0.25, 0.3) is 0 Å². The summed E-state index contributed by atoms with van der Waals surface area (Å²) in [5.74, 6) is 0. The zero-order chi connectivity index (χ0) is 28.8. The molecule has 9 rings (SSSR count). The molecule has 0 aliphatic heterocycles. The molecule has 0 atom stereocenters. The second-order valence-corrected chi connectivity index (χ2v) is 13.5. The van der Waals surface area contributed by atoms with Crippen molar-refractivity contribution in [1.29, 1.82) is 0 Å². The fourth-order valence-corrected chi connectivity index (χ4v) is 9.09. The Hall–Kier alpha value is -4.77. The molecule has 0 spiro atoms. The molecule has 0 unspecified atom stereocenters. The van der Waals surface area contributed by atoms with E-state index in [1.807, 2.05) is 35.6 Å². The molecule has 0 saturated carbocycles. The van der Waals surface area contributed by atoms with Crippen LogP contribution in [0.15, 0.2) is 120 Å². The predicted octanol–water partition coefficient (Wildman–Crippen LogP) is 11.2. The van der Waals surface area contributed by atoms with Crippen molar-refractivity contribution in [3.05, 3.63) is 137 Å². The fraction of sp³-hybridized carbons (Fsp3) is 0.0513. The van der Waals surface area contributed by atoms with E-state index in [2.05, 4.69) is 109 Å². The molecule has 0 aliphatic rings. The summed E-state index contributed by atoms with van der Waals surface area (Å²) in [7, 11) is 0. The molecule has 43 heavy (non-hydrogen) atoms. The third kappa shape index (κ3) is 3.54. The highest BCUT2D eigenvalue weighted by atomic mass is 32.1. The van der Waals surface area contributed by atoms with Crippen molar-refractivity contribution in [3.63, 3.8) is 0 Å². The van der Waals surface area contributed by atoms with E-state index in [4.69, 9.17) is 0 Å². The highest BCUT2D eigenvalue weighted by molar-refractivity contribution is 7.26. The van der Waals surface area contributed by atoms with Crippen LogP contribution in [0.1, 0.15) is 11.1 Å². The molecule has 3 heterocycles. The van der Waals surface area contributed by atoms with Gasteiger partial charge in [-0.15, -0.1) is 22.7 Å². The molecule has 204 valence electrons. The van der Waals surface area contributed by atoms with E-state index in [0.717, 1.165) is 37.0 Å². The molecule has 0 fully saturated rings. The van der Waals surface area contributed by atoms with Crippen molar-refractivity contribution in [2.24, 2.45) is 0 Å². The second-order valence-electron chi connectivity index (χ2n) is 11.4. The maximum atomic E-state index is 13.5. The number of benzene rings is 6. The highest BCUT2D eigenvalue weighted by Gasteiger charge is 2.20. The number of thiophene rings is 1. The quantitative estimate of drug-likeness (QED) is 0.184. The number of nitrogens with zero attached hydrogens (tertiary/aromatic N) is 1. The predicted molar refractivity (Wildman–Crippen MR) is 188 cm³/mol. The first kappa shape index (κ1) is 24.8. The van der Waals surface area contributed by atoms with Crippen LogP contribution in [0.2, 0.25) is 0 Å². The normalized spacial score (nSPS) is 12.0. The summed E-state index contributed by atoms with van der Waals surface area (Å²) in [5, 5.41) is 6.78. The zero-order valence-corrected chi connectivity index (χ0v) is 25.3. The van der Waals surface area contributed by atoms with Gasteiger partial charge in [-0.05, 0) is 84.6 Å². The Morgan fingerprint density at radius 2 is 1.21 bits per heavy atom. The van der Waals surface area contributed by atoms with E-state index in [1.54, 1.807) is 11.3 Å². The van der Waals surface area contributed by atoms with Gasteiger partial charge in [0.05, 0.1) is 11.0 Å². The molecule has 3 aromatic heterocycles. The number of aryl methyl sites for hydroxylation is 2. The smallest absolute Gasteiger partial charge is 0.195 e. The summed E-state index contributed by atoms with van der Waals surface area (Å²) in [4.78, 5) is 13.5. The zero-order valence-electron chi connectivity index (χ0n) is 23.6. The van der Waals surface area contributed by atoms with Gasteiger partial charge < -0.3 is 4.57 Å². The molecule has 0 amide bonds. The molecule has 2 nitrogen and oxygen atoms in total. The van der Waals surface area contributed by atoms with Crippen LogP contribution >= 0.6 is 22.7 Å². The summed E-state index contributed by atoms with van der Waals surface area (Å²) in [6.45, 7) is 4.48. The van der Waals surface area contributed by atoms with E-state index in [0.29, 0.717) is 0 Å². The van der Waals surface area contributed by atoms with Crippen LogP contribution in [0.5, 0.6) is 0 Å². The fourth-order valence-electron chi connectivity index (χ4n) is 6.85. The lowest BCUT2D eigenvalue weighted by molar-refractivity contribution is 1.16. The van der Waals surface area contributed by atoms with E-state index < -0.39 is 0 Å². The summed E-state index contributed by atoms with van der Waals surface area (Å²) < 4.78 is 7.17. The van der Waals surface area contributed by atoms with Crippen molar-refractivity contribution in [1.82, 2.24) is 4.57 Å². The molecular weight excluding hydrogens is 563 g/mol. The van der Waals surface area contributed by atoms with Gasteiger partial charge in [0.2, 0.25) is 0 Å². The molecule has 4 heteroatoms. The molecular formula is C39H25NOS2. The van der Waals surface area contributed by atoms with Crippen LogP contribution in [0.3, 0.4) is 0 Å². The van der Waals surface area contributed by atoms with Crippen molar-refractivity contribution >= 4 is 84.8 Å². The van der Waals surface area contributed by atoms with Crippen molar-refractivity contribution in [3.8, 4) is 16.8 Å². The number of hydrogen-bond donors (Lipinski definition) is 0. The number of hydrogen-bond acceptors (Lipinski definition) is 3. The Morgan fingerprint density at radius 3 is 2.07 bits per heavy atom. The van der Waals surface area contributed by atoms with Gasteiger partial charge in [-0.2, -0.15) is 0 Å². The number of fused-ring (bicyclic) bond motifs is 8. The average molecular weight is 588 g/mol. The standard InChI is InChI=1S/C39H25NOS2/c1-22-9-7-14-28-30-21-31-27-12-3-5-15-33(27)43-39(31)23(2)37(30)40(36(22)28)26-11-8-10-24(19-26)25-17-18-35-32(20-25)38(41)29-13-4-6-16-34(29)42-35/h3-21H,1-2H3. The minimum atomic E-state index is 0.100. The molecule has 0 aliphatic carbocycles. The van der Waals surface area contributed by atoms with Crippen LogP contribution in [-0.4, -0.2) is 4.57 Å². The van der Waals surface area contributed by atoms with Gasteiger partial charge in [-0.25, -0.2) is 0 Å². The van der Waals surface area contributed by atoms with Crippen LogP contribution in [-0.2, 0) is 0 Å². The summed E-state index contributed by atoms with van der Waals surface area (Å²) in [6.07, 6.45) is 0. The van der Waals surface area contributed by atoms with Crippen molar-refractivity contribution in [2.75, 3.05) is 0 Å². The number of para-hydroxylation sites is 1. The van der Waals surface area contributed by atoms with E-state index >= 15 is 0 Å². The van der Waals surface area contributed by atoms with Gasteiger partial charge in [0.1, 0.15) is 0 Å². The van der Waals surface area contributed by atoms with E-state index in [9.17, 15) is 4.79 Å². The highest BCUT2D eigenvalue weighted by Crippen LogP contribution is 2.44. The molecule has 0 saturated heterocycles. The van der Waals surface area contributed by atoms with E-state index in [1.165, 1.54) is 53.1 Å². The average Bonchev–Trinajstić information content (AvgIpc) is 3.59. The minimum Gasteiger partial charge on any atom is -0.309 e. The van der Waals surface area contributed by atoms with Crippen molar-refractivity contribution < 1.29 is 0 Å². The van der Waals surface area contributed by atoms with Gasteiger partial charge >= 0.3 is 0 Å². The third-order valence-electron chi connectivity index (χ3n) is 8.86. The third-order valence-corrected chi connectivity index (χ3v) is 11.3. The van der Waals surface area contributed by atoms with Crippen LogP contribution in [0.4, 0.5) is 0 Å². The maximum absolute atomic E-state index is 13.5. The first-order valence-corrected chi connectivity index (χ1v) is 16.1. The lowest BCUT2D eigenvalue weighted by atomic mass is 10.0. The largest absolute Gasteiger partial charge is 0.309 e. The Morgan fingerprint density at radius 1 is 0.512 bits per heavy atom. The van der Waals surface area contributed by atoms with Gasteiger partial charge in [0, 0.05) is 56.8 Å². The SMILES string of the molecule is Cc1cccc2c3cc4c(sc5ccccc54)c(C)c3n(-c3cccc(-c4ccc5sc6ccccc6c(=O)c5c4)c3)c12. The molecule has 9 aromatic rings. The first-order chi connectivity index (χ1) is 21.1. The number of aromatic nitrogens is 1. The van der Waals surface area contributed by atoms with Gasteiger partial charge in [-0.1, -0.05) is 66.7 Å². The van der Waals surface area contributed by atoms with Gasteiger partial charge in [0.15, 0.2) is 5.43 Å². The molecule has 0 bridgehead atoms. The Labute approximate surface area is 255 Å². The van der Waals surface area contributed by atoms with Crippen LogP contribution in [0, 0.1) is 13.8 Å². The molecule has 0 radical (unpaired) electrons. The van der Waals surface area contributed by atoms with Crippen molar-refractivity contribution in [2.45, 2.75) is 13.8 Å². The summed E-state index contributed by atoms with van der Waals surface area (Å²) in [5.41, 5.74) is 8.44. The molecule has 0 N–H and O–H groups in total. The monoisotopic (exact) mass is 587 g/mol. The summed E-state index contributed by atoms with van der Waals surface area (Å²) >= 11 is 3.56.